The molecule has 24 heavy (non-hydrogen) atoms. The number of hydrogen-bond donors (Lipinski definition) is 1. The molecule has 1 N–H and O–H groups in total. The van der Waals surface area contributed by atoms with Crippen molar-refractivity contribution >= 4 is 12.4 Å². The molecule has 1 aliphatic rings. The lowest BCUT2D eigenvalue weighted by Gasteiger charge is -2.35. The van der Waals surface area contributed by atoms with Crippen LogP contribution in [0.3, 0.4) is 0 Å². The molecule has 1 heterocycles. The van der Waals surface area contributed by atoms with Crippen LogP contribution in [-0.2, 0) is 6.18 Å². The summed E-state index contributed by atoms with van der Waals surface area (Å²) in [6.45, 7) is 1.56. The third-order valence-electron chi connectivity index (χ3n) is 3.70. The number of alkyl halides is 6. The Hall–Kier alpha value is -1.06. The average Bonchev–Trinajstić information content (AvgIpc) is 2.43. The Balaban J connectivity index is 0.00000288. The molecule has 0 saturated carbocycles. The van der Waals surface area contributed by atoms with Gasteiger partial charge in [-0.1, -0.05) is 6.07 Å². The van der Waals surface area contributed by atoms with Crippen molar-refractivity contribution in [3.05, 3.63) is 35.1 Å². The fourth-order valence-corrected chi connectivity index (χ4v) is 2.64. The van der Waals surface area contributed by atoms with Gasteiger partial charge in [-0.2, -0.15) is 26.3 Å². The molecule has 10 heteroatoms. The molecule has 2 rings (SSSR count). The van der Waals surface area contributed by atoms with Gasteiger partial charge in [0.05, 0.1) is 12.0 Å². The van der Waals surface area contributed by atoms with Crippen LogP contribution in [0.4, 0.5) is 30.7 Å². The fraction of sp³-hybridized carbons (Fsp3) is 0.571. The van der Waals surface area contributed by atoms with Gasteiger partial charge in [0.2, 0.25) is 0 Å². The molecule has 0 amide bonds. The summed E-state index contributed by atoms with van der Waals surface area (Å²) in [6, 6.07) is 0.774. The quantitative estimate of drug-likeness (QED) is 0.792. The van der Waals surface area contributed by atoms with Crippen LogP contribution in [0.15, 0.2) is 18.2 Å². The SMILES string of the molecule is Cl.Fc1cc([C@H](CC(F)(F)F)N2CCNCC2)ccc1C(F)(F)F. The van der Waals surface area contributed by atoms with E-state index in [0.717, 1.165) is 6.07 Å². The van der Waals surface area contributed by atoms with Crippen molar-refractivity contribution in [3.8, 4) is 0 Å². The highest BCUT2D eigenvalue weighted by Crippen LogP contribution is 2.37. The van der Waals surface area contributed by atoms with Gasteiger partial charge in [-0.15, -0.1) is 12.4 Å². The van der Waals surface area contributed by atoms with Crippen LogP contribution in [0, 0.1) is 5.82 Å². The summed E-state index contributed by atoms with van der Waals surface area (Å²) < 4.78 is 89.8. The van der Waals surface area contributed by atoms with Crippen LogP contribution in [0.1, 0.15) is 23.6 Å². The number of nitrogens with zero attached hydrogens (tertiary/aromatic N) is 1. The molecule has 0 bridgehead atoms. The van der Waals surface area contributed by atoms with E-state index in [-0.39, 0.29) is 18.0 Å². The molecule has 1 aromatic rings. The van der Waals surface area contributed by atoms with Crippen molar-refractivity contribution < 1.29 is 30.7 Å². The van der Waals surface area contributed by atoms with Crippen molar-refractivity contribution in [1.82, 2.24) is 10.2 Å². The van der Waals surface area contributed by atoms with Crippen LogP contribution in [0.25, 0.3) is 0 Å². The molecule has 1 saturated heterocycles. The highest BCUT2D eigenvalue weighted by atomic mass is 35.5. The number of benzene rings is 1. The lowest BCUT2D eigenvalue weighted by Crippen LogP contribution is -2.46. The number of halogens is 8. The zero-order valence-electron chi connectivity index (χ0n) is 12.3. The highest BCUT2D eigenvalue weighted by molar-refractivity contribution is 5.85. The Labute approximate surface area is 140 Å². The molecule has 0 spiro atoms. The van der Waals surface area contributed by atoms with E-state index in [1.165, 1.54) is 4.90 Å². The first-order valence-electron chi connectivity index (χ1n) is 6.96. The number of piperazine rings is 1. The Morgan fingerprint density at radius 3 is 2.08 bits per heavy atom. The standard InChI is InChI=1S/C14H15F7N2.ClH/c15-11-7-9(1-2-10(11)14(19,20)21)12(8-13(16,17)18)23-5-3-22-4-6-23;/h1-2,7,12,22H,3-6,8H2;1H/t12-;/m0./s1. The molecule has 1 atom stereocenters. The summed E-state index contributed by atoms with van der Waals surface area (Å²) in [5.41, 5.74) is -1.58. The summed E-state index contributed by atoms with van der Waals surface area (Å²) in [4.78, 5) is 1.51. The molecule has 0 aromatic heterocycles. The second-order valence-corrected chi connectivity index (χ2v) is 5.36. The second-order valence-electron chi connectivity index (χ2n) is 5.36. The van der Waals surface area contributed by atoms with Gasteiger partial charge in [-0.3, -0.25) is 4.90 Å². The smallest absolute Gasteiger partial charge is 0.314 e. The Morgan fingerprint density at radius 2 is 1.62 bits per heavy atom. The van der Waals surface area contributed by atoms with Gasteiger partial charge >= 0.3 is 12.4 Å². The predicted molar refractivity (Wildman–Crippen MR) is 76.5 cm³/mol. The summed E-state index contributed by atoms with van der Waals surface area (Å²) in [5.74, 6) is -1.56. The van der Waals surface area contributed by atoms with Crippen molar-refractivity contribution in [2.75, 3.05) is 26.2 Å². The van der Waals surface area contributed by atoms with E-state index in [1.54, 1.807) is 0 Å². The van der Waals surface area contributed by atoms with Crippen LogP contribution in [-0.4, -0.2) is 37.3 Å². The van der Waals surface area contributed by atoms with E-state index in [4.69, 9.17) is 0 Å². The maximum Gasteiger partial charge on any atom is 0.419 e. The Morgan fingerprint density at radius 1 is 1.04 bits per heavy atom. The zero-order chi connectivity index (χ0) is 17.3. The van der Waals surface area contributed by atoms with E-state index in [1.807, 2.05) is 0 Å². The summed E-state index contributed by atoms with van der Waals surface area (Å²) >= 11 is 0. The number of hydrogen-bond acceptors (Lipinski definition) is 2. The van der Waals surface area contributed by atoms with Gasteiger partial charge in [0, 0.05) is 32.2 Å². The third kappa shape index (κ3) is 5.49. The Bertz CT molecular complexity index is 539. The molecular formula is C14H16ClF7N2. The van der Waals surface area contributed by atoms with Crippen molar-refractivity contribution in [1.29, 1.82) is 0 Å². The largest absolute Gasteiger partial charge is 0.419 e. The van der Waals surface area contributed by atoms with Crippen LogP contribution < -0.4 is 5.32 Å². The first kappa shape index (κ1) is 21.0. The van der Waals surface area contributed by atoms with Crippen molar-refractivity contribution in [2.45, 2.75) is 24.8 Å². The predicted octanol–water partition coefficient (Wildman–Crippen LogP) is 4.17. The minimum atomic E-state index is -4.88. The minimum absolute atomic E-state index is 0. The lowest BCUT2D eigenvalue weighted by atomic mass is 9.99. The maximum atomic E-state index is 13.7. The molecule has 1 fully saturated rings. The summed E-state index contributed by atoms with van der Waals surface area (Å²) in [6.07, 6.45) is -10.6. The van der Waals surface area contributed by atoms with Crippen LogP contribution in [0.2, 0.25) is 0 Å². The van der Waals surface area contributed by atoms with Crippen LogP contribution in [0.5, 0.6) is 0 Å². The van der Waals surface area contributed by atoms with E-state index in [0.29, 0.717) is 38.3 Å². The molecule has 1 aliphatic heterocycles. The van der Waals surface area contributed by atoms with Gasteiger partial charge < -0.3 is 5.32 Å². The molecule has 2 nitrogen and oxygen atoms in total. The first-order valence-corrected chi connectivity index (χ1v) is 6.96. The second kappa shape index (κ2) is 7.88. The fourth-order valence-electron chi connectivity index (χ4n) is 2.64. The number of rotatable bonds is 3. The van der Waals surface area contributed by atoms with Gasteiger partial charge in [0.15, 0.2) is 0 Å². The van der Waals surface area contributed by atoms with Gasteiger partial charge in [-0.05, 0) is 17.7 Å². The van der Waals surface area contributed by atoms with E-state index < -0.39 is 36.2 Å². The molecule has 0 aliphatic carbocycles. The van der Waals surface area contributed by atoms with Gasteiger partial charge in [-0.25, -0.2) is 4.39 Å². The Kier molecular flexibility index (Phi) is 6.89. The lowest BCUT2D eigenvalue weighted by molar-refractivity contribution is -0.149. The van der Waals surface area contributed by atoms with Crippen molar-refractivity contribution in [3.63, 3.8) is 0 Å². The van der Waals surface area contributed by atoms with E-state index >= 15 is 0 Å². The zero-order valence-corrected chi connectivity index (χ0v) is 13.2. The monoisotopic (exact) mass is 380 g/mol. The number of nitrogens with one attached hydrogen (secondary N) is 1. The molecule has 0 unspecified atom stereocenters. The average molecular weight is 381 g/mol. The van der Waals surface area contributed by atoms with E-state index in [2.05, 4.69) is 5.32 Å². The summed E-state index contributed by atoms with van der Waals surface area (Å²) in [7, 11) is 0. The molecular weight excluding hydrogens is 365 g/mol. The third-order valence-corrected chi connectivity index (χ3v) is 3.70. The minimum Gasteiger partial charge on any atom is -0.314 e. The van der Waals surface area contributed by atoms with Crippen molar-refractivity contribution in [2.24, 2.45) is 0 Å². The first-order chi connectivity index (χ1) is 10.6. The van der Waals surface area contributed by atoms with E-state index in [9.17, 15) is 30.7 Å². The normalized spacial score (nSPS) is 18.1. The summed E-state index contributed by atoms with van der Waals surface area (Å²) in [5, 5.41) is 2.98. The molecule has 1 aromatic carbocycles. The highest BCUT2D eigenvalue weighted by Gasteiger charge is 2.38. The maximum absolute atomic E-state index is 13.7. The van der Waals surface area contributed by atoms with Crippen LogP contribution >= 0.6 is 12.4 Å². The topological polar surface area (TPSA) is 15.3 Å². The molecule has 138 valence electrons. The molecule has 0 radical (unpaired) electrons. The van der Waals surface area contributed by atoms with Gasteiger partial charge in [0.1, 0.15) is 5.82 Å². The van der Waals surface area contributed by atoms with Gasteiger partial charge in [0.25, 0.3) is 0 Å².